The molecule has 1 saturated heterocycles. The fraction of sp³-hybridized carbons (Fsp3) is 0.483. The Morgan fingerprint density at radius 3 is 2.81 bits per heavy atom. The van der Waals surface area contributed by atoms with Gasteiger partial charge in [-0.05, 0) is 50.2 Å². The molecule has 1 aliphatic carbocycles. The van der Waals surface area contributed by atoms with Crippen molar-refractivity contribution in [2.24, 2.45) is 10.9 Å². The highest BCUT2D eigenvalue weighted by atomic mass is 19.4. The van der Waals surface area contributed by atoms with Crippen molar-refractivity contribution < 1.29 is 27.2 Å². The summed E-state index contributed by atoms with van der Waals surface area (Å²) in [6.07, 6.45) is -3.41. The fourth-order valence-corrected chi connectivity index (χ4v) is 6.03. The van der Waals surface area contributed by atoms with Crippen LogP contribution in [0.4, 0.5) is 23.2 Å². The van der Waals surface area contributed by atoms with Crippen LogP contribution in [-0.4, -0.2) is 84.5 Å². The SMILES string of the molecule is CN1CC[C@@H](N(C)c2cccc3c2cc(C2=NC(CNC(=O)[C@@H]4C[C@H]4c4ccccn4)ON2)n3CC(F)(F)F)[C@@H](F)C1. The second-order valence-corrected chi connectivity index (χ2v) is 11.3. The molecule has 2 aromatic heterocycles. The molecule has 4 heterocycles. The van der Waals surface area contributed by atoms with E-state index >= 15 is 4.39 Å². The molecule has 0 radical (unpaired) electrons. The van der Waals surface area contributed by atoms with Gasteiger partial charge in [0, 0.05) is 54.9 Å². The summed E-state index contributed by atoms with van der Waals surface area (Å²) in [5.74, 6) is -0.128. The van der Waals surface area contributed by atoms with Gasteiger partial charge >= 0.3 is 6.18 Å². The number of amides is 1. The number of pyridine rings is 1. The van der Waals surface area contributed by atoms with Crippen molar-refractivity contribution in [2.75, 3.05) is 38.6 Å². The minimum Gasteiger partial charge on any atom is -0.368 e. The number of nitrogens with one attached hydrogen (secondary N) is 2. The first-order valence-corrected chi connectivity index (χ1v) is 14.0. The van der Waals surface area contributed by atoms with E-state index in [1.54, 1.807) is 37.5 Å². The van der Waals surface area contributed by atoms with Gasteiger partial charge in [0.1, 0.15) is 12.7 Å². The number of likely N-dealkylation sites (tertiary alicyclic amines) is 1. The summed E-state index contributed by atoms with van der Waals surface area (Å²) in [5, 5.41) is 3.39. The summed E-state index contributed by atoms with van der Waals surface area (Å²) < 4.78 is 57.4. The van der Waals surface area contributed by atoms with E-state index in [4.69, 9.17) is 4.84 Å². The molecule has 3 aliphatic rings. The van der Waals surface area contributed by atoms with Crippen molar-refractivity contribution in [1.82, 2.24) is 25.2 Å². The third kappa shape index (κ3) is 5.80. The van der Waals surface area contributed by atoms with Crippen LogP contribution in [0.1, 0.15) is 30.1 Å². The summed E-state index contributed by atoms with van der Waals surface area (Å²) in [7, 11) is 3.65. The van der Waals surface area contributed by atoms with Gasteiger partial charge in [-0.3, -0.25) is 9.78 Å². The highest BCUT2D eigenvalue weighted by Gasteiger charge is 2.45. The van der Waals surface area contributed by atoms with Crippen molar-refractivity contribution in [3.63, 3.8) is 0 Å². The summed E-state index contributed by atoms with van der Waals surface area (Å²) in [5.41, 5.74) is 4.71. The van der Waals surface area contributed by atoms with Crippen molar-refractivity contribution in [1.29, 1.82) is 0 Å². The number of hydrogen-bond donors (Lipinski definition) is 2. The Morgan fingerprint density at radius 1 is 1.24 bits per heavy atom. The second kappa shape index (κ2) is 11.2. The molecular weight excluding hydrogens is 554 g/mol. The van der Waals surface area contributed by atoms with Crippen molar-refractivity contribution >= 4 is 28.3 Å². The Balaban J connectivity index is 1.22. The average Bonchev–Trinajstić information content (AvgIpc) is 3.49. The lowest BCUT2D eigenvalue weighted by Gasteiger charge is -2.39. The number of carbonyl (C=O) groups excluding carboxylic acids is 1. The Labute approximate surface area is 240 Å². The summed E-state index contributed by atoms with van der Waals surface area (Å²) in [6.45, 7) is -0.155. The van der Waals surface area contributed by atoms with Crippen LogP contribution in [0.15, 0.2) is 53.7 Å². The van der Waals surface area contributed by atoms with Gasteiger partial charge < -0.3 is 19.7 Å². The molecule has 6 rings (SSSR count). The first-order valence-electron chi connectivity index (χ1n) is 14.0. The Morgan fingerprint density at radius 2 is 2.07 bits per heavy atom. The number of carbonyl (C=O) groups is 1. The van der Waals surface area contributed by atoms with Crippen molar-refractivity contribution in [2.45, 2.75) is 49.9 Å². The predicted molar refractivity (Wildman–Crippen MR) is 150 cm³/mol. The van der Waals surface area contributed by atoms with Crippen LogP contribution in [0, 0.1) is 5.92 Å². The number of alkyl halides is 4. The van der Waals surface area contributed by atoms with E-state index in [2.05, 4.69) is 20.8 Å². The zero-order chi connectivity index (χ0) is 29.6. The van der Waals surface area contributed by atoms with Crippen LogP contribution in [0.25, 0.3) is 10.9 Å². The zero-order valence-electron chi connectivity index (χ0n) is 23.3. The number of aliphatic imine (C=N–C) groups is 1. The highest BCUT2D eigenvalue weighted by Crippen LogP contribution is 2.46. The number of nitrogens with zero attached hydrogens (tertiary/aromatic N) is 5. The molecule has 3 aromatic rings. The minimum atomic E-state index is -4.50. The highest BCUT2D eigenvalue weighted by molar-refractivity contribution is 6.05. The molecule has 1 unspecified atom stereocenters. The third-order valence-corrected chi connectivity index (χ3v) is 8.30. The maximum absolute atomic E-state index is 15.0. The molecule has 1 saturated carbocycles. The van der Waals surface area contributed by atoms with Crippen LogP contribution < -0.4 is 15.7 Å². The minimum absolute atomic E-state index is 0.0578. The average molecular weight is 588 g/mol. The number of hydrogen-bond acceptors (Lipinski definition) is 7. The molecular formula is C29H33F4N7O2. The smallest absolute Gasteiger partial charge is 0.368 e. The third-order valence-electron chi connectivity index (χ3n) is 8.30. The first-order chi connectivity index (χ1) is 20.1. The predicted octanol–water partition coefficient (Wildman–Crippen LogP) is 3.60. The van der Waals surface area contributed by atoms with E-state index in [0.29, 0.717) is 36.0 Å². The molecule has 9 nitrogen and oxygen atoms in total. The van der Waals surface area contributed by atoms with Crippen molar-refractivity contribution in [3.8, 4) is 0 Å². The number of hydroxylamine groups is 1. The largest absolute Gasteiger partial charge is 0.406 e. The number of aromatic nitrogens is 2. The maximum Gasteiger partial charge on any atom is 0.406 e. The zero-order valence-corrected chi connectivity index (χ0v) is 23.3. The molecule has 2 N–H and O–H groups in total. The monoisotopic (exact) mass is 587 g/mol. The van der Waals surface area contributed by atoms with Gasteiger partial charge in [-0.1, -0.05) is 12.1 Å². The van der Waals surface area contributed by atoms with Gasteiger partial charge in [0.2, 0.25) is 5.91 Å². The lowest BCUT2D eigenvalue weighted by molar-refractivity contribution is -0.140. The molecule has 1 aromatic carbocycles. The lowest BCUT2D eigenvalue weighted by atomic mass is 10.0. The van der Waals surface area contributed by atoms with Crippen LogP contribution in [0.5, 0.6) is 0 Å². The molecule has 5 atom stereocenters. The van der Waals surface area contributed by atoms with E-state index in [1.807, 2.05) is 35.0 Å². The van der Waals surface area contributed by atoms with E-state index in [1.165, 1.54) is 0 Å². The maximum atomic E-state index is 15.0. The summed E-state index contributed by atoms with van der Waals surface area (Å²) >= 11 is 0. The molecule has 0 spiro atoms. The quantitative estimate of drug-likeness (QED) is 0.392. The van der Waals surface area contributed by atoms with Gasteiger partial charge in [0.05, 0.1) is 23.8 Å². The molecule has 42 heavy (non-hydrogen) atoms. The summed E-state index contributed by atoms with van der Waals surface area (Å²) in [6, 6.07) is 11.9. The number of halogens is 4. The lowest BCUT2D eigenvalue weighted by Crippen LogP contribution is -2.50. The van der Waals surface area contributed by atoms with Gasteiger partial charge in [0.25, 0.3) is 0 Å². The van der Waals surface area contributed by atoms with Gasteiger partial charge in [-0.25, -0.2) is 19.7 Å². The van der Waals surface area contributed by atoms with Crippen LogP contribution in [0.2, 0.25) is 0 Å². The Hall–Kier alpha value is -3.71. The van der Waals surface area contributed by atoms with Gasteiger partial charge in [-0.2, -0.15) is 13.2 Å². The second-order valence-electron chi connectivity index (χ2n) is 11.3. The van der Waals surface area contributed by atoms with Crippen LogP contribution in [-0.2, 0) is 16.2 Å². The number of piperidine rings is 1. The van der Waals surface area contributed by atoms with Crippen molar-refractivity contribution in [3.05, 3.63) is 60.0 Å². The summed E-state index contributed by atoms with van der Waals surface area (Å²) in [4.78, 5) is 30.7. The molecule has 1 amide bonds. The van der Waals surface area contributed by atoms with Crippen LogP contribution in [0.3, 0.4) is 0 Å². The normalized spacial score (nSPS) is 26.1. The van der Waals surface area contributed by atoms with Gasteiger partial charge in [-0.15, -0.1) is 0 Å². The number of amidine groups is 1. The fourth-order valence-electron chi connectivity index (χ4n) is 6.03. The Bertz CT molecular complexity index is 1480. The number of fused-ring (bicyclic) bond motifs is 1. The molecule has 2 aliphatic heterocycles. The van der Waals surface area contributed by atoms with E-state index < -0.39 is 31.2 Å². The van der Waals surface area contributed by atoms with E-state index in [9.17, 15) is 18.0 Å². The molecule has 224 valence electrons. The number of anilines is 1. The molecule has 13 heteroatoms. The van der Waals surface area contributed by atoms with E-state index in [0.717, 1.165) is 16.8 Å². The topological polar surface area (TPSA) is 87.0 Å². The molecule has 0 bridgehead atoms. The first kappa shape index (κ1) is 28.4. The van der Waals surface area contributed by atoms with E-state index in [-0.39, 0.29) is 35.8 Å². The van der Waals surface area contributed by atoms with Crippen LogP contribution >= 0.6 is 0 Å². The number of rotatable bonds is 8. The molecule has 2 fully saturated rings. The Kier molecular flexibility index (Phi) is 7.56. The number of benzene rings is 1. The van der Waals surface area contributed by atoms with Gasteiger partial charge in [0.15, 0.2) is 12.1 Å². The standard InChI is InChI=1S/C29H33F4N7O2/c1-38-11-9-24(20(30)15-38)39(2)22-7-5-8-23-19(22)13-25(40(23)16-29(31,32)33)27-36-26(42-37-27)14-35-28(41)18-12-17(18)21-6-3-4-10-34-21/h3-8,10,13,17-18,20,24,26H,9,11-12,14-16H2,1-2H3,(H,35,41)(H,36,37)/t17-,18-,20+,24-,26?/m1/s1.